The molecule has 9 atom stereocenters. The van der Waals surface area contributed by atoms with E-state index in [2.05, 4.69) is 47.2 Å². The van der Waals surface area contributed by atoms with Crippen molar-refractivity contribution >= 4 is 65.1 Å². The van der Waals surface area contributed by atoms with Gasteiger partial charge in [-0.1, -0.05) is 50.6 Å². The maximum Gasteiger partial charge on any atom is 0.325 e. The third-order valence-corrected chi connectivity index (χ3v) is 10.2. The van der Waals surface area contributed by atoms with Crippen LogP contribution < -0.4 is 71.6 Å². The van der Waals surface area contributed by atoms with Crippen LogP contribution in [0.2, 0.25) is 0 Å². The minimum absolute atomic E-state index is 0.00375. The normalized spacial score (nSPS) is 14.8. The molecule has 0 fully saturated rings. The number of rotatable bonds is 31. The molecule has 26 nitrogen and oxygen atoms in total. The van der Waals surface area contributed by atoms with Crippen LogP contribution in [0.4, 0.5) is 0 Å². The van der Waals surface area contributed by atoms with E-state index in [9.17, 15) is 53.4 Å². The average molecular weight is 948 g/mol. The fourth-order valence-electron chi connectivity index (χ4n) is 6.00. The highest BCUT2D eigenvalue weighted by atomic mass is 16.4. The predicted molar refractivity (Wildman–Crippen MR) is 245 cm³/mol. The van der Waals surface area contributed by atoms with Gasteiger partial charge in [0.05, 0.1) is 12.6 Å². The molecule has 1 aromatic carbocycles. The van der Waals surface area contributed by atoms with Crippen molar-refractivity contribution in [2.45, 2.75) is 127 Å². The molecule has 0 heterocycles. The quantitative estimate of drug-likeness (QED) is 0.0188. The van der Waals surface area contributed by atoms with E-state index in [0.29, 0.717) is 12.0 Å². The van der Waals surface area contributed by atoms with Crippen molar-refractivity contribution in [2.24, 2.45) is 50.3 Å². The maximum atomic E-state index is 13.9. The van der Waals surface area contributed by atoms with Crippen LogP contribution in [-0.2, 0) is 49.6 Å². The molecule has 0 saturated carbocycles. The summed E-state index contributed by atoms with van der Waals surface area (Å²) in [7, 11) is 0. The van der Waals surface area contributed by atoms with Gasteiger partial charge >= 0.3 is 5.97 Å². The summed E-state index contributed by atoms with van der Waals surface area (Å²) in [6.07, 6.45) is 0.0403. The highest BCUT2D eigenvalue weighted by molar-refractivity contribution is 5.97. The lowest BCUT2D eigenvalue weighted by molar-refractivity contribution is -0.142. The number of aliphatic hydroxyl groups excluding tert-OH is 1. The fourth-order valence-corrected chi connectivity index (χ4v) is 6.00. The van der Waals surface area contributed by atoms with Gasteiger partial charge in [-0.15, -0.1) is 0 Å². The van der Waals surface area contributed by atoms with Crippen molar-refractivity contribution in [2.75, 3.05) is 19.7 Å². The second-order valence-corrected chi connectivity index (χ2v) is 15.8. The second-order valence-electron chi connectivity index (χ2n) is 15.8. The summed E-state index contributed by atoms with van der Waals surface area (Å²) in [5.74, 6) is -9.02. The fraction of sp³-hybridized carbons (Fsp3) is 0.585. The number of benzene rings is 1. The Kier molecular flexibility index (Phi) is 26.1. The standard InChI is InChI=1S/C41H69N15O11/c1-5-21(2)31(43)38(65)54-26(14-10-18-49-41(46)47)34(61)55-28(19-24-11-7-6-8-12-24)36(63)50-22(3)32(59)52-25(13-9-17-48-40(44)45)35(62)56-29(20-57)37(64)53-27(15-16-30(42)58)33(60)51-23(4)39(66)67/h6-8,11-12,21-23,25-29,31,57H,5,9-10,13-20,43H2,1-4H3,(H2,42,58)(H,50,63)(H,51,60)(H,52,59)(H,53,64)(H,54,65)(H,55,61)(H,56,62)(H,66,67)(H4,44,45,48)(H4,46,47,49). The number of amides is 8. The van der Waals surface area contributed by atoms with Crippen LogP contribution in [0.5, 0.6) is 0 Å². The first-order chi connectivity index (χ1) is 31.5. The van der Waals surface area contributed by atoms with Crippen LogP contribution in [0, 0.1) is 5.92 Å². The predicted octanol–water partition coefficient (Wildman–Crippen LogP) is -5.51. The number of aliphatic hydroxyl groups is 1. The van der Waals surface area contributed by atoms with E-state index in [1.54, 1.807) is 37.3 Å². The Bertz CT molecular complexity index is 1890. The van der Waals surface area contributed by atoms with Crippen molar-refractivity contribution in [3.63, 3.8) is 0 Å². The molecule has 8 amide bonds. The third-order valence-electron chi connectivity index (χ3n) is 10.2. The monoisotopic (exact) mass is 948 g/mol. The van der Waals surface area contributed by atoms with Crippen molar-refractivity contribution in [3.8, 4) is 0 Å². The highest BCUT2D eigenvalue weighted by Gasteiger charge is 2.33. The molecule has 26 heteroatoms. The molecule has 9 unspecified atom stereocenters. The molecule has 0 aliphatic rings. The number of carboxylic acids is 1. The van der Waals surface area contributed by atoms with Crippen LogP contribution in [0.3, 0.4) is 0 Å². The number of carbonyl (C=O) groups is 9. The first-order valence-corrected chi connectivity index (χ1v) is 21.7. The molecule has 0 radical (unpaired) electrons. The summed E-state index contributed by atoms with van der Waals surface area (Å²) < 4.78 is 0. The highest BCUT2D eigenvalue weighted by Crippen LogP contribution is 2.10. The van der Waals surface area contributed by atoms with Crippen LogP contribution in [0.1, 0.15) is 78.2 Å². The van der Waals surface area contributed by atoms with Gasteiger partial charge in [-0.25, -0.2) is 0 Å². The molecule has 0 spiro atoms. The molecule has 0 saturated heterocycles. The molecule has 0 bridgehead atoms. The van der Waals surface area contributed by atoms with Gasteiger partial charge in [-0.3, -0.25) is 53.1 Å². The summed E-state index contributed by atoms with van der Waals surface area (Å²) in [6, 6.07) is -2.27. The summed E-state index contributed by atoms with van der Waals surface area (Å²) >= 11 is 0. The number of hydrogen-bond donors (Lipinski definition) is 15. The smallest absolute Gasteiger partial charge is 0.325 e. The first kappa shape index (κ1) is 57.9. The average Bonchev–Trinajstić information content (AvgIpc) is 3.27. The number of nitrogens with two attached hydrogens (primary N) is 6. The largest absolute Gasteiger partial charge is 0.480 e. The van der Waals surface area contributed by atoms with Crippen molar-refractivity contribution in [3.05, 3.63) is 35.9 Å². The molecule has 1 aromatic rings. The minimum atomic E-state index is -1.74. The molecule has 0 aliphatic carbocycles. The van der Waals surface area contributed by atoms with Crippen LogP contribution >= 0.6 is 0 Å². The Balaban J connectivity index is 3.37. The van der Waals surface area contributed by atoms with Gasteiger partial charge in [0.2, 0.25) is 47.3 Å². The Morgan fingerprint density at radius 1 is 0.567 bits per heavy atom. The Hall–Kier alpha value is -7.09. The van der Waals surface area contributed by atoms with Gasteiger partial charge in [0, 0.05) is 25.9 Å². The minimum Gasteiger partial charge on any atom is -0.480 e. The molecular weight excluding hydrogens is 879 g/mol. The zero-order valence-electron chi connectivity index (χ0n) is 38.3. The third kappa shape index (κ3) is 22.6. The van der Waals surface area contributed by atoms with Crippen LogP contribution in [0.25, 0.3) is 0 Å². The van der Waals surface area contributed by atoms with Gasteiger partial charge in [0.1, 0.15) is 42.3 Å². The topological polar surface area (TPSA) is 459 Å². The van der Waals surface area contributed by atoms with E-state index in [0.717, 1.165) is 6.92 Å². The summed E-state index contributed by atoms with van der Waals surface area (Å²) in [4.78, 5) is 125. The number of hydrogen-bond acceptors (Lipinski definition) is 13. The van der Waals surface area contributed by atoms with Crippen LogP contribution in [0.15, 0.2) is 40.3 Å². The molecule has 1 rings (SSSR count). The van der Waals surface area contributed by atoms with E-state index in [1.807, 2.05) is 6.92 Å². The van der Waals surface area contributed by atoms with E-state index in [1.165, 1.54) is 6.92 Å². The molecule has 21 N–H and O–H groups in total. The summed E-state index contributed by atoms with van der Waals surface area (Å²) in [5, 5.41) is 36.4. The first-order valence-electron chi connectivity index (χ1n) is 21.7. The number of aliphatic carboxylic acids is 1. The molecule has 0 aliphatic heterocycles. The number of nitrogens with zero attached hydrogens (tertiary/aromatic N) is 2. The lowest BCUT2D eigenvalue weighted by atomic mass is 9.98. The van der Waals surface area contributed by atoms with Crippen molar-refractivity contribution in [1.29, 1.82) is 0 Å². The molecule has 67 heavy (non-hydrogen) atoms. The molecule has 374 valence electrons. The maximum absolute atomic E-state index is 13.9. The van der Waals surface area contributed by atoms with Crippen molar-refractivity contribution in [1.82, 2.24) is 37.2 Å². The number of aliphatic imine (C=N–C) groups is 2. The second kappa shape index (κ2) is 30.2. The summed E-state index contributed by atoms with van der Waals surface area (Å²) in [5.41, 5.74) is 33.7. The van der Waals surface area contributed by atoms with Gasteiger partial charge in [0.25, 0.3) is 0 Å². The van der Waals surface area contributed by atoms with E-state index >= 15 is 0 Å². The lowest BCUT2D eigenvalue weighted by Crippen LogP contribution is -2.60. The van der Waals surface area contributed by atoms with E-state index < -0.39 is 115 Å². The molecular formula is C41H69N15O11. The van der Waals surface area contributed by atoms with Gasteiger partial charge in [-0.2, -0.15) is 0 Å². The number of carbonyl (C=O) groups excluding carboxylic acids is 8. The van der Waals surface area contributed by atoms with E-state index in [-0.39, 0.29) is 69.5 Å². The zero-order valence-corrected chi connectivity index (χ0v) is 38.3. The van der Waals surface area contributed by atoms with Crippen LogP contribution in [-0.4, -0.2) is 143 Å². The van der Waals surface area contributed by atoms with E-state index in [4.69, 9.17) is 34.4 Å². The lowest BCUT2D eigenvalue weighted by Gasteiger charge is -2.27. The zero-order chi connectivity index (χ0) is 50.8. The SMILES string of the molecule is CCC(C)C(N)C(=O)NC(CCCN=C(N)N)C(=O)NC(Cc1ccccc1)C(=O)NC(C)C(=O)NC(CCCN=C(N)N)C(=O)NC(CO)C(=O)NC(CCC(N)=O)C(=O)NC(C)C(=O)O. The number of guanidine groups is 2. The molecule has 0 aromatic heterocycles. The van der Waals surface area contributed by atoms with Gasteiger partial charge < -0.3 is 81.8 Å². The Morgan fingerprint density at radius 2 is 0.985 bits per heavy atom. The Morgan fingerprint density at radius 3 is 1.46 bits per heavy atom. The van der Waals surface area contributed by atoms with Gasteiger partial charge in [-0.05, 0) is 57.4 Å². The summed E-state index contributed by atoms with van der Waals surface area (Å²) in [6.45, 7) is 5.22. The van der Waals surface area contributed by atoms with Gasteiger partial charge in [0.15, 0.2) is 11.9 Å². The number of primary amides is 1. The number of nitrogens with one attached hydrogen (secondary N) is 7. The number of carboxylic acid groups (broad SMARTS) is 1. The Labute approximate surface area is 388 Å². The van der Waals surface area contributed by atoms with Crippen molar-refractivity contribution < 1.29 is 53.4 Å².